The summed E-state index contributed by atoms with van der Waals surface area (Å²) >= 11 is 0. The van der Waals surface area contributed by atoms with Gasteiger partial charge in [-0.25, -0.2) is 0 Å². The fourth-order valence-corrected chi connectivity index (χ4v) is 1.56. The van der Waals surface area contributed by atoms with Crippen molar-refractivity contribution in [2.45, 2.75) is 6.42 Å². The van der Waals surface area contributed by atoms with E-state index in [2.05, 4.69) is 17.4 Å². The van der Waals surface area contributed by atoms with E-state index in [0.29, 0.717) is 5.92 Å². The Morgan fingerprint density at radius 3 is 2.85 bits per heavy atom. The van der Waals surface area contributed by atoms with E-state index in [1.54, 1.807) is 0 Å². The van der Waals surface area contributed by atoms with Crippen LogP contribution in [-0.2, 0) is 4.74 Å². The first-order chi connectivity index (χ1) is 6.45. The average Bonchev–Trinajstić information content (AvgIpc) is 2.69. The lowest BCUT2D eigenvalue weighted by atomic mass is 10.1. The smallest absolute Gasteiger partial charge is 0.0511 e. The molecule has 0 spiro atoms. The first-order valence-electron chi connectivity index (χ1n) is 4.82. The van der Waals surface area contributed by atoms with Crippen molar-refractivity contribution in [1.82, 2.24) is 0 Å². The highest BCUT2D eigenvalue weighted by Gasteiger charge is 2.14. The number of anilines is 1. The largest absolute Gasteiger partial charge is 0.385 e. The van der Waals surface area contributed by atoms with E-state index in [1.807, 2.05) is 18.2 Å². The molecule has 0 unspecified atom stereocenters. The maximum atomic E-state index is 5.31. The molecule has 1 aromatic rings. The lowest BCUT2D eigenvalue weighted by molar-refractivity contribution is 0.187. The maximum Gasteiger partial charge on any atom is 0.0511 e. The summed E-state index contributed by atoms with van der Waals surface area (Å²) in [4.78, 5) is 0. The van der Waals surface area contributed by atoms with Gasteiger partial charge < -0.3 is 10.1 Å². The van der Waals surface area contributed by atoms with Crippen molar-refractivity contribution in [2.75, 3.05) is 25.1 Å². The number of rotatable bonds is 3. The summed E-state index contributed by atoms with van der Waals surface area (Å²) < 4.78 is 5.31. The predicted octanol–water partition coefficient (Wildman–Crippen LogP) is 2.13. The Morgan fingerprint density at radius 2 is 2.15 bits per heavy atom. The second-order valence-electron chi connectivity index (χ2n) is 3.48. The summed E-state index contributed by atoms with van der Waals surface area (Å²) in [5, 5.41) is 3.41. The van der Waals surface area contributed by atoms with Crippen LogP contribution >= 0.6 is 0 Å². The van der Waals surface area contributed by atoms with Crippen molar-refractivity contribution in [3.05, 3.63) is 30.3 Å². The summed E-state index contributed by atoms with van der Waals surface area (Å²) in [7, 11) is 0. The zero-order chi connectivity index (χ0) is 8.93. The SMILES string of the molecule is c1ccc(NC[C@H]2CCOC2)cc1. The minimum absolute atomic E-state index is 0.695. The predicted molar refractivity (Wildman–Crippen MR) is 53.9 cm³/mol. The Bertz CT molecular complexity index is 242. The quantitative estimate of drug-likeness (QED) is 0.763. The first kappa shape index (κ1) is 8.57. The number of nitrogens with one attached hydrogen (secondary N) is 1. The molecule has 1 aliphatic heterocycles. The summed E-state index contributed by atoms with van der Waals surface area (Å²) in [6, 6.07) is 10.3. The van der Waals surface area contributed by atoms with Crippen LogP contribution in [0, 0.1) is 5.92 Å². The van der Waals surface area contributed by atoms with Gasteiger partial charge >= 0.3 is 0 Å². The minimum atomic E-state index is 0.695. The van der Waals surface area contributed by atoms with Gasteiger partial charge in [-0.3, -0.25) is 0 Å². The number of hydrogen-bond donors (Lipinski definition) is 1. The first-order valence-corrected chi connectivity index (χ1v) is 4.82. The number of benzene rings is 1. The van der Waals surface area contributed by atoms with Crippen molar-refractivity contribution in [1.29, 1.82) is 0 Å². The van der Waals surface area contributed by atoms with Gasteiger partial charge in [0, 0.05) is 24.8 Å². The summed E-state index contributed by atoms with van der Waals surface area (Å²) in [5.74, 6) is 0.695. The molecule has 2 rings (SSSR count). The second-order valence-corrected chi connectivity index (χ2v) is 3.48. The van der Waals surface area contributed by atoms with Gasteiger partial charge in [0.15, 0.2) is 0 Å². The van der Waals surface area contributed by atoms with E-state index in [9.17, 15) is 0 Å². The molecule has 1 heterocycles. The molecule has 0 saturated carbocycles. The van der Waals surface area contributed by atoms with Gasteiger partial charge in [-0.2, -0.15) is 0 Å². The molecule has 0 radical (unpaired) electrons. The molecular weight excluding hydrogens is 162 g/mol. The molecule has 2 heteroatoms. The number of para-hydroxylation sites is 1. The molecule has 0 aliphatic carbocycles. The van der Waals surface area contributed by atoms with Crippen LogP contribution in [0.4, 0.5) is 5.69 Å². The molecule has 0 amide bonds. The normalized spacial score (nSPS) is 21.7. The highest BCUT2D eigenvalue weighted by molar-refractivity contribution is 5.42. The molecule has 13 heavy (non-hydrogen) atoms. The molecule has 1 atom stereocenters. The third kappa shape index (κ3) is 2.46. The highest BCUT2D eigenvalue weighted by atomic mass is 16.5. The van der Waals surface area contributed by atoms with E-state index in [0.717, 1.165) is 19.8 Å². The van der Waals surface area contributed by atoms with Crippen molar-refractivity contribution >= 4 is 5.69 Å². The minimum Gasteiger partial charge on any atom is -0.385 e. The molecule has 70 valence electrons. The van der Waals surface area contributed by atoms with Crippen LogP contribution in [0.5, 0.6) is 0 Å². The Balaban J connectivity index is 1.79. The zero-order valence-corrected chi connectivity index (χ0v) is 7.70. The fraction of sp³-hybridized carbons (Fsp3) is 0.455. The van der Waals surface area contributed by atoms with Crippen LogP contribution in [0.25, 0.3) is 0 Å². The van der Waals surface area contributed by atoms with Crippen LogP contribution in [0.15, 0.2) is 30.3 Å². The molecule has 1 aromatic carbocycles. The Hall–Kier alpha value is -1.02. The standard InChI is InChI=1S/C11H15NO/c1-2-4-11(5-3-1)12-8-10-6-7-13-9-10/h1-5,10,12H,6-9H2/t10-/m1/s1. The Kier molecular flexibility index (Phi) is 2.82. The van der Waals surface area contributed by atoms with Gasteiger partial charge in [0.2, 0.25) is 0 Å². The lowest BCUT2D eigenvalue weighted by Gasteiger charge is -2.09. The molecular formula is C11H15NO. The molecule has 1 aliphatic rings. The van der Waals surface area contributed by atoms with Crippen LogP contribution in [-0.4, -0.2) is 19.8 Å². The molecule has 0 aromatic heterocycles. The van der Waals surface area contributed by atoms with Crippen LogP contribution in [0.3, 0.4) is 0 Å². The number of hydrogen-bond acceptors (Lipinski definition) is 2. The second kappa shape index (κ2) is 4.28. The molecule has 2 nitrogen and oxygen atoms in total. The summed E-state index contributed by atoms with van der Waals surface area (Å²) in [5.41, 5.74) is 1.20. The average molecular weight is 177 g/mol. The summed E-state index contributed by atoms with van der Waals surface area (Å²) in [6.07, 6.45) is 1.19. The topological polar surface area (TPSA) is 21.3 Å². The summed E-state index contributed by atoms with van der Waals surface area (Å²) in [6.45, 7) is 2.88. The van der Waals surface area contributed by atoms with E-state index >= 15 is 0 Å². The van der Waals surface area contributed by atoms with Gasteiger partial charge in [-0.05, 0) is 18.6 Å². The van der Waals surface area contributed by atoms with Crippen molar-refractivity contribution in [2.24, 2.45) is 5.92 Å². The molecule has 1 N–H and O–H groups in total. The van der Waals surface area contributed by atoms with Gasteiger partial charge in [-0.1, -0.05) is 18.2 Å². The van der Waals surface area contributed by atoms with Gasteiger partial charge in [0.25, 0.3) is 0 Å². The lowest BCUT2D eigenvalue weighted by Crippen LogP contribution is -2.13. The highest BCUT2D eigenvalue weighted by Crippen LogP contribution is 2.13. The molecule has 0 bridgehead atoms. The monoisotopic (exact) mass is 177 g/mol. The van der Waals surface area contributed by atoms with Gasteiger partial charge in [-0.15, -0.1) is 0 Å². The van der Waals surface area contributed by atoms with Gasteiger partial charge in [0.05, 0.1) is 6.61 Å². The van der Waals surface area contributed by atoms with Crippen LogP contribution in [0.2, 0.25) is 0 Å². The van der Waals surface area contributed by atoms with Crippen LogP contribution in [0.1, 0.15) is 6.42 Å². The van der Waals surface area contributed by atoms with Gasteiger partial charge in [0.1, 0.15) is 0 Å². The third-order valence-corrected chi connectivity index (χ3v) is 2.39. The van der Waals surface area contributed by atoms with Crippen molar-refractivity contribution in [3.8, 4) is 0 Å². The van der Waals surface area contributed by atoms with E-state index in [-0.39, 0.29) is 0 Å². The third-order valence-electron chi connectivity index (χ3n) is 2.39. The van der Waals surface area contributed by atoms with Crippen molar-refractivity contribution in [3.63, 3.8) is 0 Å². The number of ether oxygens (including phenoxy) is 1. The van der Waals surface area contributed by atoms with Crippen LogP contribution < -0.4 is 5.32 Å². The fourth-order valence-electron chi connectivity index (χ4n) is 1.56. The molecule has 1 fully saturated rings. The molecule has 1 saturated heterocycles. The Morgan fingerprint density at radius 1 is 1.31 bits per heavy atom. The van der Waals surface area contributed by atoms with E-state index in [4.69, 9.17) is 4.74 Å². The maximum absolute atomic E-state index is 5.31. The zero-order valence-electron chi connectivity index (χ0n) is 7.70. The van der Waals surface area contributed by atoms with Crippen molar-refractivity contribution < 1.29 is 4.74 Å². The Labute approximate surface area is 78.9 Å². The van der Waals surface area contributed by atoms with E-state index < -0.39 is 0 Å². The van der Waals surface area contributed by atoms with E-state index in [1.165, 1.54) is 12.1 Å².